The van der Waals surface area contributed by atoms with Crippen molar-refractivity contribution in [3.63, 3.8) is 0 Å². The van der Waals surface area contributed by atoms with Crippen LogP contribution in [-0.4, -0.2) is 11.7 Å². The molecule has 0 fully saturated rings. The Labute approximate surface area is 295 Å². The van der Waals surface area contributed by atoms with Crippen LogP contribution in [0.2, 0.25) is 0 Å². The lowest BCUT2D eigenvalue weighted by Gasteiger charge is -2.10. The molecule has 9 rings (SSSR count). The number of rotatable bonds is 6. The van der Waals surface area contributed by atoms with E-state index in [4.69, 9.17) is 20.1 Å². The normalized spacial score (nSPS) is 12.3. The standard InChI is InChI=1S/C47H33N3O/c48-46(42-21-10-22-43-45(42)41-28-27-36(29-44(41)51-43)40-20-9-16-33-14-5-7-18-38(33)40)50-47(49-30-31-11-2-1-3-12-31)35-25-23-34(24-26-35)39-19-8-15-32-13-4-6-17-37(32)39/h1-29H,30H2,(H2,48,49,50). The van der Waals surface area contributed by atoms with Gasteiger partial charge in [0, 0.05) is 21.9 Å². The average Bonchev–Trinajstić information content (AvgIpc) is 3.57. The number of amidine groups is 2. The number of aliphatic imine (C=N–C) groups is 2. The molecule has 1 heterocycles. The quantitative estimate of drug-likeness (QED) is 0.143. The minimum atomic E-state index is 0.381. The maximum absolute atomic E-state index is 6.91. The zero-order chi connectivity index (χ0) is 34.1. The molecule has 0 bridgehead atoms. The van der Waals surface area contributed by atoms with E-state index >= 15 is 0 Å². The molecular formula is C47H33N3O. The number of fused-ring (bicyclic) bond motifs is 5. The SMILES string of the molecule is N/C(=N\C(=N/Cc1ccccc1)c1ccc(-c2cccc3ccccc23)cc1)c1cccc2oc3cc(-c4cccc5ccccc45)ccc3c12. The minimum absolute atomic E-state index is 0.381. The summed E-state index contributed by atoms with van der Waals surface area (Å²) in [5.74, 6) is 0.954. The van der Waals surface area contributed by atoms with Crippen LogP contribution in [0, 0.1) is 0 Å². The molecule has 0 aliphatic rings. The van der Waals surface area contributed by atoms with Gasteiger partial charge in [-0.05, 0) is 67.6 Å². The van der Waals surface area contributed by atoms with Crippen molar-refractivity contribution in [2.45, 2.75) is 6.54 Å². The van der Waals surface area contributed by atoms with Gasteiger partial charge in [-0.2, -0.15) is 0 Å². The topological polar surface area (TPSA) is 63.9 Å². The van der Waals surface area contributed by atoms with Crippen molar-refractivity contribution >= 4 is 55.2 Å². The third kappa shape index (κ3) is 5.73. The van der Waals surface area contributed by atoms with Gasteiger partial charge in [0.05, 0.1) is 6.54 Å². The van der Waals surface area contributed by atoms with Crippen molar-refractivity contribution in [2.75, 3.05) is 0 Å². The second-order valence-corrected chi connectivity index (χ2v) is 12.7. The van der Waals surface area contributed by atoms with Crippen molar-refractivity contribution in [3.8, 4) is 22.3 Å². The molecular weight excluding hydrogens is 623 g/mol. The Morgan fingerprint density at radius 3 is 1.84 bits per heavy atom. The molecule has 4 nitrogen and oxygen atoms in total. The second-order valence-electron chi connectivity index (χ2n) is 12.7. The molecule has 242 valence electrons. The molecule has 0 atom stereocenters. The summed E-state index contributed by atoms with van der Waals surface area (Å²) in [7, 11) is 0. The number of hydrogen-bond donors (Lipinski definition) is 1. The van der Waals surface area contributed by atoms with Gasteiger partial charge >= 0.3 is 0 Å². The third-order valence-electron chi connectivity index (χ3n) is 9.60. The van der Waals surface area contributed by atoms with Gasteiger partial charge in [-0.1, -0.05) is 158 Å². The molecule has 9 aromatic rings. The van der Waals surface area contributed by atoms with Gasteiger partial charge in [-0.25, -0.2) is 4.99 Å². The molecule has 0 unspecified atom stereocenters. The number of nitrogens with zero attached hydrogens (tertiary/aromatic N) is 2. The van der Waals surface area contributed by atoms with E-state index in [-0.39, 0.29) is 0 Å². The average molecular weight is 656 g/mol. The Kier molecular flexibility index (Phi) is 7.67. The first-order valence-electron chi connectivity index (χ1n) is 17.1. The van der Waals surface area contributed by atoms with E-state index < -0.39 is 0 Å². The van der Waals surface area contributed by atoms with Crippen molar-refractivity contribution < 1.29 is 4.42 Å². The van der Waals surface area contributed by atoms with Gasteiger partial charge in [-0.15, -0.1) is 0 Å². The number of hydrogen-bond acceptors (Lipinski definition) is 2. The summed E-state index contributed by atoms with van der Waals surface area (Å²) in [6.07, 6.45) is 0. The van der Waals surface area contributed by atoms with Crippen LogP contribution in [0.5, 0.6) is 0 Å². The largest absolute Gasteiger partial charge is 0.456 e. The van der Waals surface area contributed by atoms with E-state index in [1.54, 1.807) is 0 Å². The van der Waals surface area contributed by atoms with Crippen LogP contribution in [0.15, 0.2) is 190 Å². The van der Waals surface area contributed by atoms with Crippen molar-refractivity contribution in [2.24, 2.45) is 15.7 Å². The lowest BCUT2D eigenvalue weighted by atomic mass is 9.97. The molecule has 0 spiro atoms. The summed E-state index contributed by atoms with van der Waals surface area (Å²) in [6, 6.07) is 60.8. The molecule has 0 saturated carbocycles. The first kappa shape index (κ1) is 30.3. The minimum Gasteiger partial charge on any atom is -0.456 e. The van der Waals surface area contributed by atoms with Crippen molar-refractivity contribution in [3.05, 3.63) is 193 Å². The Balaban J connectivity index is 1.12. The zero-order valence-corrected chi connectivity index (χ0v) is 27.8. The summed E-state index contributed by atoms with van der Waals surface area (Å²) in [6.45, 7) is 0.480. The van der Waals surface area contributed by atoms with Crippen LogP contribution in [0.25, 0.3) is 65.7 Å². The molecule has 0 aliphatic heterocycles. The summed E-state index contributed by atoms with van der Waals surface area (Å²) in [4.78, 5) is 10.0. The highest BCUT2D eigenvalue weighted by Gasteiger charge is 2.16. The monoisotopic (exact) mass is 655 g/mol. The molecule has 8 aromatic carbocycles. The Morgan fingerprint density at radius 2 is 1.12 bits per heavy atom. The first-order valence-corrected chi connectivity index (χ1v) is 17.1. The van der Waals surface area contributed by atoms with Gasteiger partial charge in [0.25, 0.3) is 0 Å². The van der Waals surface area contributed by atoms with E-state index in [0.717, 1.165) is 49.8 Å². The summed E-state index contributed by atoms with van der Waals surface area (Å²) in [5, 5.41) is 6.78. The molecule has 0 saturated heterocycles. The van der Waals surface area contributed by atoms with E-state index in [9.17, 15) is 0 Å². The Hall–Kier alpha value is -6.78. The van der Waals surface area contributed by atoms with Gasteiger partial charge in [0.15, 0.2) is 5.84 Å². The zero-order valence-electron chi connectivity index (χ0n) is 27.8. The van der Waals surface area contributed by atoms with E-state index in [1.807, 2.05) is 36.4 Å². The summed E-state index contributed by atoms with van der Waals surface area (Å²) in [5.41, 5.74) is 15.9. The fourth-order valence-corrected chi connectivity index (χ4v) is 7.07. The highest BCUT2D eigenvalue weighted by Crippen LogP contribution is 2.36. The first-order chi connectivity index (χ1) is 25.2. The summed E-state index contributed by atoms with van der Waals surface area (Å²) < 4.78 is 6.46. The maximum atomic E-state index is 6.91. The molecule has 0 aliphatic carbocycles. The lowest BCUT2D eigenvalue weighted by Crippen LogP contribution is -2.17. The Morgan fingerprint density at radius 1 is 0.510 bits per heavy atom. The van der Waals surface area contributed by atoms with Crippen molar-refractivity contribution in [1.82, 2.24) is 0 Å². The molecule has 51 heavy (non-hydrogen) atoms. The van der Waals surface area contributed by atoms with Crippen LogP contribution in [-0.2, 0) is 6.54 Å². The van der Waals surface area contributed by atoms with Crippen molar-refractivity contribution in [1.29, 1.82) is 0 Å². The molecule has 2 N–H and O–H groups in total. The van der Waals surface area contributed by atoms with Crippen LogP contribution in [0.4, 0.5) is 0 Å². The fourth-order valence-electron chi connectivity index (χ4n) is 7.07. The summed E-state index contributed by atoms with van der Waals surface area (Å²) >= 11 is 0. The highest BCUT2D eigenvalue weighted by molar-refractivity contribution is 6.21. The van der Waals surface area contributed by atoms with Crippen LogP contribution < -0.4 is 5.73 Å². The molecule has 4 heteroatoms. The number of benzene rings is 8. The molecule has 1 aromatic heterocycles. The van der Waals surface area contributed by atoms with Gasteiger partial charge in [0.1, 0.15) is 17.0 Å². The predicted molar refractivity (Wildman–Crippen MR) is 213 cm³/mol. The third-order valence-corrected chi connectivity index (χ3v) is 9.60. The Bertz CT molecular complexity index is 2760. The van der Waals surface area contributed by atoms with Gasteiger partial charge in [0.2, 0.25) is 0 Å². The van der Waals surface area contributed by atoms with Gasteiger partial charge in [-0.3, -0.25) is 4.99 Å². The lowest BCUT2D eigenvalue weighted by molar-refractivity contribution is 0.669. The predicted octanol–water partition coefficient (Wildman–Crippen LogP) is 11.6. The van der Waals surface area contributed by atoms with Crippen LogP contribution in [0.1, 0.15) is 16.7 Å². The van der Waals surface area contributed by atoms with Crippen LogP contribution >= 0.6 is 0 Å². The fraction of sp³-hybridized carbons (Fsp3) is 0.0213. The maximum Gasteiger partial charge on any atom is 0.157 e. The molecule has 0 amide bonds. The molecule has 0 radical (unpaired) electrons. The highest BCUT2D eigenvalue weighted by atomic mass is 16.3. The van der Waals surface area contributed by atoms with E-state index in [2.05, 4.69) is 140 Å². The van der Waals surface area contributed by atoms with Crippen LogP contribution in [0.3, 0.4) is 0 Å². The smallest absolute Gasteiger partial charge is 0.157 e. The second kappa shape index (κ2) is 12.9. The van der Waals surface area contributed by atoms with E-state index in [1.165, 1.54) is 32.7 Å². The van der Waals surface area contributed by atoms with Gasteiger partial charge < -0.3 is 10.2 Å². The number of nitrogens with two attached hydrogens (primary N) is 1. The van der Waals surface area contributed by atoms with E-state index in [0.29, 0.717) is 18.2 Å². The number of furan rings is 1.